The third kappa shape index (κ3) is 8.67. The first-order valence-electron chi connectivity index (χ1n) is 14.2. The van der Waals surface area contributed by atoms with Crippen molar-refractivity contribution in [1.82, 2.24) is 0 Å². The second-order valence-electron chi connectivity index (χ2n) is 10.4. The first-order valence-corrected chi connectivity index (χ1v) is 17.5. The average Bonchev–Trinajstić information content (AvgIpc) is 3.02. The Bertz CT molecular complexity index is 1650. The molecule has 0 aliphatic rings. The number of hydrogen-bond acceptors (Lipinski definition) is 1. The fraction of sp³-hybridized carbons (Fsp3) is 0.0256. The first kappa shape index (κ1) is 32.6. The summed E-state index contributed by atoms with van der Waals surface area (Å²) in [6.45, 7) is 5.50. The van der Waals surface area contributed by atoms with Gasteiger partial charge in [0.05, 0.1) is 0 Å². The van der Waals surface area contributed by atoms with Crippen molar-refractivity contribution in [2.75, 3.05) is 4.90 Å². The number of allylic oxidation sites excluding steroid dienone is 1. The lowest BCUT2D eigenvalue weighted by atomic mass is 10.0. The van der Waals surface area contributed by atoms with Gasteiger partial charge in [-0.25, -0.2) is 0 Å². The topological polar surface area (TPSA) is 3.24 Å². The van der Waals surface area contributed by atoms with Crippen molar-refractivity contribution in [1.29, 1.82) is 0 Å². The summed E-state index contributed by atoms with van der Waals surface area (Å²) in [5.74, 6) is 0. The zero-order valence-electron chi connectivity index (χ0n) is 24.4. The lowest BCUT2D eigenvalue weighted by Gasteiger charge is -2.26. The summed E-state index contributed by atoms with van der Waals surface area (Å²) in [6.07, 6.45) is 0. The van der Waals surface area contributed by atoms with Gasteiger partial charge in [0.1, 0.15) is 0 Å². The summed E-state index contributed by atoms with van der Waals surface area (Å²) >= 11 is 4.52. The van der Waals surface area contributed by atoms with Crippen molar-refractivity contribution in [2.24, 2.45) is 0 Å². The molecule has 2 atom stereocenters. The van der Waals surface area contributed by atoms with E-state index in [-0.39, 0.29) is 0 Å². The van der Waals surface area contributed by atoms with Crippen LogP contribution in [0.5, 0.6) is 0 Å². The van der Waals surface area contributed by atoms with Crippen LogP contribution in [0.4, 0.5) is 17.1 Å². The Balaban J connectivity index is 0.000000906. The highest BCUT2D eigenvalue weighted by atomic mass is 127. The summed E-state index contributed by atoms with van der Waals surface area (Å²) in [5.41, 5.74) is 10.6. The van der Waals surface area contributed by atoms with Crippen molar-refractivity contribution in [3.8, 4) is 33.4 Å². The van der Waals surface area contributed by atoms with E-state index in [1.165, 1.54) is 47.6 Å². The van der Waals surface area contributed by atoms with Crippen molar-refractivity contribution in [3.63, 3.8) is 0 Å². The second kappa shape index (κ2) is 15.5. The summed E-state index contributed by atoms with van der Waals surface area (Å²) < 4.78 is 2.37. The summed E-state index contributed by atoms with van der Waals surface area (Å²) in [4.78, 5) is 2.32. The molecule has 1 nitrogen and oxygen atoms in total. The highest BCUT2D eigenvalue weighted by Gasteiger charge is 2.14. The molecule has 0 fully saturated rings. The molecule has 44 heavy (non-hydrogen) atoms. The van der Waals surface area contributed by atoms with E-state index in [4.69, 9.17) is 0 Å². The SMILES string of the molecule is C=C(C)I.Pc1cccc(-c2ccc(N(c3ccc(-c4cccc(P)c4)cc3)c3ccc(-c4cccc(I)c4)cc3)cc2)c1. The number of anilines is 3. The van der Waals surface area contributed by atoms with Gasteiger partial charge in [0, 0.05) is 20.6 Å². The molecule has 0 heterocycles. The molecule has 0 spiro atoms. The number of hydrogen-bond donors (Lipinski definition) is 0. The standard InChI is InChI=1S/C36H28INP2.C3H5I/c37-31-7-1-4-28(22-31)25-10-16-32(17-11-25)38(33-18-12-26(13-19-33)29-5-2-8-35(39)23-29)34-20-14-27(15-21-34)30-6-3-9-36(40)24-30;1-3(2)4/h1-24H,39-40H2;1H2,2H3. The second-order valence-corrected chi connectivity index (χ2v) is 14.8. The Labute approximate surface area is 293 Å². The third-order valence-electron chi connectivity index (χ3n) is 6.97. The van der Waals surface area contributed by atoms with E-state index >= 15 is 0 Å². The molecule has 5 heteroatoms. The van der Waals surface area contributed by atoms with Crippen molar-refractivity contribution >= 4 is 91.3 Å². The van der Waals surface area contributed by atoms with Crippen LogP contribution in [0.1, 0.15) is 6.92 Å². The average molecular weight is 831 g/mol. The van der Waals surface area contributed by atoms with Crippen LogP contribution in [0, 0.1) is 3.57 Å². The minimum atomic E-state index is 1.12. The maximum Gasteiger partial charge on any atom is 0.0462 e. The predicted molar refractivity (Wildman–Crippen MR) is 218 cm³/mol. The molecule has 2 unspecified atom stereocenters. The Morgan fingerprint density at radius 2 is 0.818 bits per heavy atom. The lowest BCUT2D eigenvalue weighted by molar-refractivity contribution is 1.28. The molecule has 0 aliphatic carbocycles. The largest absolute Gasteiger partial charge is 0.311 e. The Morgan fingerprint density at radius 3 is 1.14 bits per heavy atom. The maximum atomic E-state index is 3.54. The van der Waals surface area contributed by atoms with Gasteiger partial charge in [-0.15, -0.1) is 18.5 Å². The molecule has 0 aromatic heterocycles. The van der Waals surface area contributed by atoms with Gasteiger partial charge in [0.2, 0.25) is 0 Å². The minimum absolute atomic E-state index is 1.12. The summed E-state index contributed by atoms with van der Waals surface area (Å²) in [7, 11) is 5.58. The minimum Gasteiger partial charge on any atom is -0.311 e. The van der Waals surface area contributed by atoms with Crippen molar-refractivity contribution in [3.05, 3.63) is 159 Å². The van der Waals surface area contributed by atoms with Gasteiger partial charge in [-0.05, 0) is 138 Å². The monoisotopic (exact) mass is 831 g/mol. The lowest BCUT2D eigenvalue weighted by Crippen LogP contribution is -2.09. The Hall–Kier alpha value is -2.82. The number of halogens is 2. The van der Waals surface area contributed by atoms with Gasteiger partial charge in [-0.1, -0.05) is 114 Å². The maximum absolute atomic E-state index is 3.54. The highest BCUT2D eigenvalue weighted by Crippen LogP contribution is 2.37. The van der Waals surface area contributed by atoms with Crippen molar-refractivity contribution < 1.29 is 0 Å². The molecule has 0 saturated carbocycles. The van der Waals surface area contributed by atoms with E-state index in [2.05, 4.69) is 221 Å². The number of rotatable bonds is 6. The van der Waals surface area contributed by atoms with Crippen LogP contribution in [0.3, 0.4) is 0 Å². The van der Waals surface area contributed by atoms with E-state index in [9.17, 15) is 0 Å². The molecular weight excluding hydrogens is 798 g/mol. The molecule has 0 saturated heterocycles. The molecule has 0 radical (unpaired) electrons. The Morgan fingerprint density at radius 1 is 0.500 bits per heavy atom. The van der Waals surface area contributed by atoms with Crippen LogP contribution in [-0.2, 0) is 0 Å². The van der Waals surface area contributed by atoms with Crippen LogP contribution in [0.15, 0.2) is 156 Å². The van der Waals surface area contributed by atoms with Gasteiger partial charge < -0.3 is 4.90 Å². The summed E-state index contributed by atoms with van der Waals surface area (Å²) in [5, 5.41) is 2.37. The molecule has 218 valence electrons. The van der Waals surface area contributed by atoms with Gasteiger partial charge in [0.25, 0.3) is 0 Å². The zero-order chi connectivity index (χ0) is 31.1. The molecule has 6 aromatic carbocycles. The molecule has 6 aromatic rings. The molecular formula is C39H33I2NP2. The molecule has 0 aliphatic heterocycles. The van der Waals surface area contributed by atoms with Crippen LogP contribution in [-0.4, -0.2) is 0 Å². The highest BCUT2D eigenvalue weighted by molar-refractivity contribution is 14.1. The number of nitrogens with zero attached hydrogens (tertiary/aromatic N) is 1. The van der Waals surface area contributed by atoms with Gasteiger partial charge in [-0.2, -0.15) is 0 Å². The first-order chi connectivity index (χ1) is 21.3. The van der Waals surface area contributed by atoms with Crippen LogP contribution in [0.2, 0.25) is 0 Å². The molecule has 0 N–H and O–H groups in total. The normalized spacial score (nSPS) is 10.5. The van der Waals surface area contributed by atoms with E-state index in [0.717, 1.165) is 20.6 Å². The Kier molecular flexibility index (Phi) is 11.4. The molecule has 0 bridgehead atoms. The fourth-order valence-electron chi connectivity index (χ4n) is 4.96. The molecule has 6 rings (SSSR count). The van der Waals surface area contributed by atoms with Crippen LogP contribution < -0.4 is 15.5 Å². The van der Waals surface area contributed by atoms with Crippen LogP contribution >= 0.6 is 63.7 Å². The van der Waals surface area contributed by atoms with E-state index in [1.807, 2.05) is 6.92 Å². The fourth-order valence-corrected chi connectivity index (χ4v) is 6.09. The van der Waals surface area contributed by atoms with E-state index < -0.39 is 0 Å². The molecule has 0 amide bonds. The number of benzene rings is 6. The quantitative estimate of drug-likeness (QED) is 0.119. The van der Waals surface area contributed by atoms with Crippen molar-refractivity contribution in [2.45, 2.75) is 6.92 Å². The van der Waals surface area contributed by atoms with Gasteiger partial charge >= 0.3 is 0 Å². The van der Waals surface area contributed by atoms with Gasteiger partial charge in [0.15, 0.2) is 0 Å². The zero-order valence-corrected chi connectivity index (χ0v) is 31.0. The predicted octanol–water partition coefficient (Wildman–Crippen LogP) is 11.7. The van der Waals surface area contributed by atoms with E-state index in [0.29, 0.717) is 0 Å². The van der Waals surface area contributed by atoms with E-state index in [1.54, 1.807) is 0 Å². The smallest absolute Gasteiger partial charge is 0.0462 e. The van der Waals surface area contributed by atoms with Crippen LogP contribution in [0.25, 0.3) is 33.4 Å². The summed E-state index contributed by atoms with van der Waals surface area (Å²) in [6, 6.07) is 52.3. The van der Waals surface area contributed by atoms with Gasteiger partial charge in [-0.3, -0.25) is 0 Å². The third-order valence-corrected chi connectivity index (χ3v) is 8.36.